The first-order chi connectivity index (χ1) is 17.1. The average molecular weight is 463 g/mol. The molecule has 0 unspecified atom stereocenters. The van der Waals surface area contributed by atoms with E-state index in [0.717, 1.165) is 5.56 Å². The number of aromatic hydroxyl groups is 1. The number of hydrogen-bond donors (Lipinski definition) is 1. The van der Waals surface area contributed by atoms with E-state index in [0.29, 0.717) is 28.5 Å². The third kappa shape index (κ3) is 4.67. The highest BCUT2D eigenvalue weighted by molar-refractivity contribution is 6.12. The number of phenolic OH excluding ortho intramolecular Hbond substituents is 1. The Morgan fingerprint density at radius 1 is 0.714 bits per heavy atom. The molecule has 0 saturated carbocycles. The molecule has 5 rings (SSSR count). The van der Waals surface area contributed by atoms with E-state index < -0.39 is 12.0 Å². The van der Waals surface area contributed by atoms with E-state index in [4.69, 9.17) is 4.74 Å². The minimum Gasteiger partial charge on any atom is -0.508 e. The van der Waals surface area contributed by atoms with Gasteiger partial charge in [0.2, 0.25) is 0 Å². The monoisotopic (exact) mass is 463 g/mol. The zero-order valence-corrected chi connectivity index (χ0v) is 18.4. The van der Waals surface area contributed by atoms with E-state index in [9.17, 15) is 14.7 Å². The summed E-state index contributed by atoms with van der Waals surface area (Å²) in [6.07, 6.45) is 0. The molecule has 0 aliphatic carbocycles. The summed E-state index contributed by atoms with van der Waals surface area (Å²) < 4.78 is 5.43. The number of benzene rings is 4. The number of amidine groups is 1. The largest absolute Gasteiger partial charge is 0.508 e. The molecule has 4 aromatic rings. The van der Waals surface area contributed by atoms with Crippen LogP contribution in [-0.2, 0) is 0 Å². The molecule has 35 heavy (non-hydrogen) atoms. The van der Waals surface area contributed by atoms with Gasteiger partial charge in [0.1, 0.15) is 11.5 Å². The van der Waals surface area contributed by atoms with Gasteiger partial charge in [-0.05, 0) is 60.7 Å². The molecular formula is C27H19N4O4. The van der Waals surface area contributed by atoms with Crippen LogP contribution in [0.5, 0.6) is 11.5 Å². The van der Waals surface area contributed by atoms with Crippen LogP contribution >= 0.6 is 0 Å². The number of hydrogen-bond acceptors (Lipinski definition) is 5. The second-order valence-corrected chi connectivity index (χ2v) is 7.56. The first kappa shape index (κ1) is 21.7. The molecule has 0 fully saturated rings. The van der Waals surface area contributed by atoms with Crippen LogP contribution in [0.25, 0.3) is 0 Å². The maximum atomic E-state index is 13.3. The zero-order valence-electron chi connectivity index (χ0n) is 18.4. The second-order valence-electron chi connectivity index (χ2n) is 7.56. The van der Waals surface area contributed by atoms with Gasteiger partial charge < -0.3 is 9.84 Å². The van der Waals surface area contributed by atoms with E-state index in [1.165, 1.54) is 22.2 Å². The first-order valence-corrected chi connectivity index (χ1v) is 10.7. The fraction of sp³-hybridized carbons (Fsp3) is 0. The molecule has 1 heterocycles. The molecule has 0 bridgehead atoms. The Morgan fingerprint density at radius 2 is 1.29 bits per heavy atom. The lowest BCUT2D eigenvalue weighted by molar-refractivity contribution is 0.0734. The lowest BCUT2D eigenvalue weighted by Crippen LogP contribution is -2.52. The van der Waals surface area contributed by atoms with E-state index in [1.54, 1.807) is 60.7 Å². The predicted octanol–water partition coefficient (Wildman–Crippen LogP) is 4.94. The van der Waals surface area contributed by atoms with Crippen molar-refractivity contribution in [3.63, 3.8) is 0 Å². The van der Waals surface area contributed by atoms with Gasteiger partial charge in [-0.25, -0.2) is 9.59 Å². The minimum absolute atomic E-state index is 0.0765. The molecule has 171 valence electrons. The highest BCUT2D eigenvalue weighted by Crippen LogP contribution is 2.27. The SMILES string of the molecule is O=C(Oc1ccc(N2[N]C(c3ccccc3)=NN(c3ccc(O)cc3)C2=O)cc1)c1ccccc1. The van der Waals surface area contributed by atoms with Crippen molar-refractivity contribution < 1.29 is 19.4 Å². The first-order valence-electron chi connectivity index (χ1n) is 10.7. The van der Waals surface area contributed by atoms with Crippen molar-refractivity contribution >= 4 is 29.2 Å². The fourth-order valence-corrected chi connectivity index (χ4v) is 3.41. The number of amides is 2. The summed E-state index contributed by atoms with van der Waals surface area (Å²) in [4.78, 5) is 25.7. The molecular weight excluding hydrogens is 444 g/mol. The number of ether oxygens (including phenoxy) is 1. The van der Waals surface area contributed by atoms with Crippen molar-refractivity contribution in [2.45, 2.75) is 0 Å². The van der Waals surface area contributed by atoms with Gasteiger partial charge in [0.05, 0.1) is 16.9 Å². The van der Waals surface area contributed by atoms with Crippen LogP contribution in [0.3, 0.4) is 0 Å². The number of carbonyl (C=O) groups excluding carboxylic acids is 2. The van der Waals surface area contributed by atoms with Crippen molar-refractivity contribution in [3.8, 4) is 11.5 Å². The number of hydrazone groups is 1. The second kappa shape index (κ2) is 9.40. The van der Waals surface area contributed by atoms with Crippen molar-refractivity contribution in [2.24, 2.45) is 5.10 Å². The number of esters is 1. The summed E-state index contributed by atoms with van der Waals surface area (Å²) in [5.41, 5.74) is 6.56. The van der Waals surface area contributed by atoms with Gasteiger partial charge in [-0.3, -0.25) is 0 Å². The summed E-state index contributed by atoms with van der Waals surface area (Å²) >= 11 is 0. The van der Waals surface area contributed by atoms with E-state index >= 15 is 0 Å². The summed E-state index contributed by atoms with van der Waals surface area (Å²) in [6.45, 7) is 0. The van der Waals surface area contributed by atoms with Crippen LogP contribution in [0.2, 0.25) is 0 Å². The molecule has 1 aliphatic rings. The number of carbonyl (C=O) groups is 2. The Morgan fingerprint density at radius 3 is 1.94 bits per heavy atom. The Kier molecular flexibility index (Phi) is 5.83. The van der Waals surface area contributed by atoms with Crippen LogP contribution in [0.1, 0.15) is 15.9 Å². The van der Waals surface area contributed by atoms with Crippen LogP contribution in [0.15, 0.2) is 114 Å². The van der Waals surface area contributed by atoms with E-state index in [1.807, 2.05) is 36.4 Å². The maximum Gasteiger partial charge on any atom is 0.370 e. The minimum atomic E-state index is -0.510. The number of phenols is 1. The Bertz CT molecular complexity index is 1370. The number of nitrogens with zero attached hydrogens (tertiary/aromatic N) is 4. The molecule has 1 radical (unpaired) electrons. The fourth-order valence-electron chi connectivity index (χ4n) is 3.41. The van der Waals surface area contributed by atoms with Gasteiger partial charge in [0.15, 0.2) is 5.84 Å². The van der Waals surface area contributed by atoms with Crippen LogP contribution in [0, 0.1) is 0 Å². The van der Waals surface area contributed by atoms with Crippen LogP contribution in [0.4, 0.5) is 16.2 Å². The quantitative estimate of drug-likeness (QED) is 0.335. The van der Waals surface area contributed by atoms with Crippen molar-refractivity contribution in [1.82, 2.24) is 5.43 Å². The maximum absolute atomic E-state index is 13.3. The van der Waals surface area contributed by atoms with Gasteiger partial charge in [-0.1, -0.05) is 48.5 Å². The molecule has 8 heteroatoms. The normalized spacial score (nSPS) is 13.1. The van der Waals surface area contributed by atoms with Gasteiger partial charge in [-0.2, -0.15) is 10.0 Å². The van der Waals surface area contributed by atoms with Gasteiger partial charge in [0.25, 0.3) is 0 Å². The molecule has 1 aliphatic heterocycles. The summed E-state index contributed by atoms with van der Waals surface area (Å²) in [7, 11) is 0. The third-order valence-electron chi connectivity index (χ3n) is 5.18. The van der Waals surface area contributed by atoms with Crippen molar-refractivity contribution in [1.29, 1.82) is 0 Å². The highest BCUT2D eigenvalue weighted by atomic mass is 16.5. The van der Waals surface area contributed by atoms with Gasteiger partial charge in [-0.15, -0.1) is 10.5 Å². The lowest BCUT2D eigenvalue weighted by atomic mass is 10.2. The molecule has 8 nitrogen and oxygen atoms in total. The molecule has 0 spiro atoms. The predicted molar refractivity (Wildman–Crippen MR) is 131 cm³/mol. The van der Waals surface area contributed by atoms with Crippen LogP contribution in [-0.4, -0.2) is 22.9 Å². The smallest absolute Gasteiger partial charge is 0.370 e. The van der Waals surface area contributed by atoms with E-state index in [2.05, 4.69) is 10.5 Å². The molecule has 0 atom stereocenters. The van der Waals surface area contributed by atoms with Crippen molar-refractivity contribution in [2.75, 3.05) is 10.0 Å². The molecule has 0 aromatic heterocycles. The molecule has 4 aromatic carbocycles. The van der Waals surface area contributed by atoms with E-state index in [-0.39, 0.29) is 5.75 Å². The highest BCUT2D eigenvalue weighted by Gasteiger charge is 2.32. The Labute approximate surface area is 201 Å². The number of rotatable bonds is 5. The third-order valence-corrected chi connectivity index (χ3v) is 5.18. The molecule has 2 amide bonds. The Balaban J connectivity index is 1.43. The topological polar surface area (TPSA) is 96.5 Å². The summed E-state index contributed by atoms with van der Waals surface area (Å²) in [5, 5.41) is 16.5. The number of anilines is 2. The average Bonchev–Trinajstić information content (AvgIpc) is 2.91. The zero-order chi connectivity index (χ0) is 24.2. The molecule has 1 N–H and O–H groups in total. The summed E-state index contributed by atoms with van der Waals surface area (Å²) in [5.74, 6) is 0.263. The Hall–Kier alpha value is -5.11. The van der Waals surface area contributed by atoms with Gasteiger partial charge in [0, 0.05) is 5.56 Å². The summed E-state index contributed by atoms with van der Waals surface area (Å²) in [6, 6.07) is 30.1. The standard InChI is InChI=1S/C27H19N4O4/c32-23-15-11-21(12-16-23)30-27(34)31(29-25(28-30)19-7-3-1-4-8-19)22-13-17-24(18-14-22)35-26(33)20-9-5-2-6-10-20/h1-18,32H. The lowest BCUT2D eigenvalue weighted by Gasteiger charge is -2.31. The van der Waals surface area contributed by atoms with Crippen LogP contribution < -0.4 is 20.2 Å². The van der Waals surface area contributed by atoms with Crippen molar-refractivity contribution in [3.05, 3.63) is 120 Å². The molecule has 0 saturated heterocycles. The number of urea groups is 1. The van der Waals surface area contributed by atoms with Gasteiger partial charge >= 0.3 is 12.0 Å².